The first kappa shape index (κ1) is 28.3. The summed E-state index contributed by atoms with van der Waals surface area (Å²) in [4.78, 5) is 27.3. The van der Waals surface area contributed by atoms with Crippen molar-refractivity contribution in [3.8, 4) is 17.5 Å². The molecule has 0 saturated heterocycles. The van der Waals surface area contributed by atoms with Gasteiger partial charge in [0.15, 0.2) is 5.57 Å². The summed E-state index contributed by atoms with van der Waals surface area (Å²) in [5, 5.41) is 13.0. The zero-order valence-electron chi connectivity index (χ0n) is 23.5. The summed E-state index contributed by atoms with van der Waals surface area (Å²) in [6.45, 7) is 6.26. The van der Waals surface area contributed by atoms with Crippen LogP contribution in [-0.2, 0) is 11.4 Å². The highest BCUT2D eigenvalue weighted by molar-refractivity contribution is 7.07. The summed E-state index contributed by atoms with van der Waals surface area (Å²) >= 11 is 1.11. The maximum atomic E-state index is 13.9. The number of nitrogens with one attached hydrogen (secondary N) is 1. The van der Waals surface area contributed by atoms with Crippen molar-refractivity contribution in [1.29, 1.82) is 5.26 Å². The van der Waals surface area contributed by atoms with Gasteiger partial charge in [0.25, 0.3) is 11.5 Å². The van der Waals surface area contributed by atoms with Crippen LogP contribution in [0.2, 0.25) is 0 Å². The van der Waals surface area contributed by atoms with Gasteiger partial charge in [-0.15, -0.1) is 11.3 Å². The third-order valence-corrected chi connectivity index (χ3v) is 7.99. The van der Waals surface area contributed by atoms with Crippen molar-refractivity contribution < 1.29 is 9.53 Å². The van der Waals surface area contributed by atoms with Crippen molar-refractivity contribution in [2.75, 3.05) is 5.32 Å². The van der Waals surface area contributed by atoms with Gasteiger partial charge in [0.2, 0.25) is 0 Å². The van der Waals surface area contributed by atoms with E-state index in [0.29, 0.717) is 28.3 Å². The number of anilines is 1. The maximum absolute atomic E-state index is 13.9. The highest BCUT2D eigenvalue weighted by Crippen LogP contribution is 2.17. The van der Waals surface area contributed by atoms with E-state index in [2.05, 4.69) is 11.4 Å². The van der Waals surface area contributed by atoms with Crippen LogP contribution >= 0.6 is 11.3 Å². The minimum absolute atomic E-state index is 0.141. The van der Waals surface area contributed by atoms with E-state index in [-0.39, 0.29) is 15.8 Å². The number of nitriles is 1. The molecule has 0 fully saturated rings. The number of hydrogen-bond donors (Lipinski definition) is 1. The highest BCUT2D eigenvalue weighted by Gasteiger charge is 2.18. The number of benzene rings is 4. The quantitative estimate of drug-likeness (QED) is 0.278. The van der Waals surface area contributed by atoms with Crippen LogP contribution in [0.3, 0.4) is 0 Å². The number of aromatic nitrogens is 1. The highest BCUT2D eigenvalue weighted by atomic mass is 32.1. The average Bonchev–Trinajstić information content (AvgIpc) is 3.30. The van der Waals surface area contributed by atoms with Gasteiger partial charge in [-0.2, -0.15) is 5.26 Å². The molecule has 1 N–H and O–H groups in total. The predicted octanol–water partition coefficient (Wildman–Crippen LogP) is 5.55. The Morgan fingerprint density at radius 2 is 1.67 bits per heavy atom. The number of ether oxygens (including phenoxy) is 1. The summed E-state index contributed by atoms with van der Waals surface area (Å²) in [6.07, 6.45) is 1.76. The molecule has 7 heteroatoms. The van der Waals surface area contributed by atoms with E-state index in [1.165, 1.54) is 4.57 Å². The second kappa shape index (κ2) is 12.5. The van der Waals surface area contributed by atoms with Crippen LogP contribution in [0, 0.1) is 32.1 Å². The fourth-order valence-electron chi connectivity index (χ4n) is 4.48. The summed E-state index contributed by atoms with van der Waals surface area (Å²) < 4.78 is 8.09. The first-order valence-corrected chi connectivity index (χ1v) is 14.2. The number of para-hydroxylation sites is 1. The van der Waals surface area contributed by atoms with Crippen molar-refractivity contribution in [1.82, 2.24) is 4.57 Å². The molecule has 5 rings (SSSR count). The average molecular weight is 572 g/mol. The van der Waals surface area contributed by atoms with Crippen molar-refractivity contribution in [2.24, 2.45) is 0 Å². The third kappa shape index (κ3) is 6.25. The number of rotatable bonds is 7. The smallest absolute Gasteiger partial charge is 0.273 e. The Hall–Kier alpha value is -5.19. The van der Waals surface area contributed by atoms with E-state index < -0.39 is 5.91 Å². The largest absolute Gasteiger partial charge is 0.489 e. The number of carbonyl (C=O) groups excluding carboxylic acids is 1. The lowest BCUT2D eigenvalue weighted by molar-refractivity contribution is -0.111. The van der Waals surface area contributed by atoms with E-state index in [4.69, 9.17) is 4.74 Å². The van der Waals surface area contributed by atoms with Crippen LogP contribution in [0.1, 0.15) is 27.8 Å². The van der Waals surface area contributed by atoms with Gasteiger partial charge in [-0.25, -0.2) is 0 Å². The lowest BCUT2D eigenvalue weighted by atomic mass is 10.1. The molecular weight excluding hydrogens is 542 g/mol. The van der Waals surface area contributed by atoms with Gasteiger partial charge < -0.3 is 10.1 Å². The minimum atomic E-state index is -0.577. The molecule has 6 nitrogen and oxygen atoms in total. The molecule has 208 valence electrons. The van der Waals surface area contributed by atoms with Crippen LogP contribution in [0.15, 0.2) is 102 Å². The Kier molecular flexibility index (Phi) is 8.47. The molecule has 1 heterocycles. The van der Waals surface area contributed by atoms with Crippen LogP contribution in [0.4, 0.5) is 5.69 Å². The van der Waals surface area contributed by atoms with Crippen molar-refractivity contribution >= 4 is 34.6 Å². The van der Waals surface area contributed by atoms with Crippen LogP contribution in [0.25, 0.3) is 17.3 Å². The van der Waals surface area contributed by atoms with Crippen molar-refractivity contribution in [3.63, 3.8) is 0 Å². The normalized spacial score (nSPS) is 12.0. The van der Waals surface area contributed by atoms with Gasteiger partial charge in [0.05, 0.1) is 10.2 Å². The van der Waals surface area contributed by atoms with Gasteiger partial charge in [0, 0.05) is 5.69 Å². The molecule has 0 unspecified atom stereocenters. The molecule has 5 aromatic rings. The fourth-order valence-corrected chi connectivity index (χ4v) is 5.57. The number of carbonyl (C=O) groups is 1. The van der Waals surface area contributed by atoms with Crippen LogP contribution < -0.4 is 24.8 Å². The standard InChI is InChI=1S/C35H29N3O3S/c1-23-16-17-28(18-25(23)3)37-33(39)30(21-36)35-38(31-15-8-7-10-24(31)2)34(40)32(42-35)20-27-13-9-14-29(19-27)41-22-26-11-5-4-6-12-26/h4-20H,22H2,1-3H3,(H,37,39). The van der Waals surface area contributed by atoms with Gasteiger partial charge in [-0.05, 0) is 85.0 Å². The summed E-state index contributed by atoms with van der Waals surface area (Å²) in [5.41, 5.74) is 5.51. The van der Waals surface area contributed by atoms with Gasteiger partial charge in [-0.1, -0.05) is 66.7 Å². The Morgan fingerprint density at radius 1 is 0.905 bits per heavy atom. The van der Waals surface area contributed by atoms with E-state index >= 15 is 0 Å². The number of aryl methyl sites for hydroxylation is 3. The Bertz CT molecular complexity index is 2000. The molecule has 0 radical (unpaired) electrons. The van der Waals surface area contributed by atoms with Crippen molar-refractivity contribution in [2.45, 2.75) is 27.4 Å². The first-order valence-electron chi connectivity index (χ1n) is 13.4. The number of nitrogens with zero attached hydrogens (tertiary/aromatic N) is 2. The SMILES string of the molecule is Cc1ccc(NC(=O)C(C#N)=c2sc(=Cc3cccc(OCc4ccccc4)c3)c(=O)n2-c2ccccc2C)cc1C. The van der Waals surface area contributed by atoms with E-state index in [0.717, 1.165) is 39.2 Å². The second-order valence-corrected chi connectivity index (χ2v) is 11.0. The molecule has 0 saturated carbocycles. The number of thiazole rings is 1. The lowest BCUT2D eigenvalue weighted by Crippen LogP contribution is -2.32. The van der Waals surface area contributed by atoms with E-state index in [1.54, 1.807) is 12.1 Å². The molecule has 0 spiro atoms. The molecule has 0 atom stereocenters. The zero-order valence-corrected chi connectivity index (χ0v) is 24.4. The summed E-state index contributed by atoms with van der Waals surface area (Å²) in [5.74, 6) is 0.0906. The zero-order chi connectivity index (χ0) is 29.6. The lowest BCUT2D eigenvalue weighted by Gasteiger charge is -2.09. The topological polar surface area (TPSA) is 84.1 Å². The van der Waals surface area contributed by atoms with Gasteiger partial charge >= 0.3 is 0 Å². The van der Waals surface area contributed by atoms with E-state index in [9.17, 15) is 14.9 Å². The predicted molar refractivity (Wildman–Crippen MR) is 168 cm³/mol. The number of amides is 1. The van der Waals surface area contributed by atoms with Gasteiger partial charge in [-0.3, -0.25) is 14.2 Å². The summed E-state index contributed by atoms with van der Waals surface area (Å²) in [7, 11) is 0. The second-order valence-electron chi connectivity index (χ2n) is 9.93. The van der Waals surface area contributed by atoms with Gasteiger partial charge in [0.1, 0.15) is 23.1 Å². The van der Waals surface area contributed by atoms with E-state index in [1.807, 2.05) is 112 Å². The monoisotopic (exact) mass is 571 g/mol. The third-order valence-electron chi connectivity index (χ3n) is 6.90. The molecule has 0 aliphatic rings. The molecule has 0 aliphatic carbocycles. The number of hydrogen-bond acceptors (Lipinski definition) is 5. The Morgan fingerprint density at radius 3 is 2.40 bits per heavy atom. The maximum Gasteiger partial charge on any atom is 0.273 e. The molecule has 1 amide bonds. The summed E-state index contributed by atoms with van der Waals surface area (Å²) in [6, 6.07) is 32.4. The molecular formula is C35H29N3O3S. The minimum Gasteiger partial charge on any atom is -0.489 e. The Balaban J connectivity index is 1.61. The van der Waals surface area contributed by atoms with Crippen LogP contribution in [0.5, 0.6) is 5.75 Å². The molecule has 42 heavy (non-hydrogen) atoms. The molecule has 1 aromatic heterocycles. The first-order chi connectivity index (χ1) is 20.3. The van der Waals surface area contributed by atoms with Crippen molar-refractivity contribution in [3.05, 3.63) is 144 Å². The Labute approximate surface area is 248 Å². The molecule has 0 bridgehead atoms. The molecule has 4 aromatic carbocycles. The molecule has 0 aliphatic heterocycles. The fraction of sp³-hybridized carbons (Fsp3) is 0.114. The van der Waals surface area contributed by atoms with Crippen LogP contribution in [-0.4, -0.2) is 10.5 Å².